The molecule has 2 aromatic rings. The van der Waals surface area contributed by atoms with Gasteiger partial charge in [0.1, 0.15) is 5.78 Å². The van der Waals surface area contributed by atoms with Crippen LogP contribution in [0.1, 0.15) is 73.7 Å². The lowest BCUT2D eigenvalue weighted by Gasteiger charge is -2.40. The van der Waals surface area contributed by atoms with Crippen LogP contribution in [0.15, 0.2) is 42.5 Å². The standard InChI is InChI=1S/C24H26O3/c1-15(12-16-6-8-17(9-7-16)22(26)27)18-10-11-19-20(13-18)23(2,3)14-21(25)24(19,4)5/h6-13H,14H2,1-5H3,(H,26,27)/b15-12+. The number of hydrogen-bond donors (Lipinski definition) is 1. The molecule has 3 nitrogen and oxygen atoms in total. The van der Waals surface area contributed by atoms with Crippen molar-refractivity contribution in [3.05, 3.63) is 70.3 Å². The van der Waals surface area contributed by atoms with E-state index in [1.165, 1.54) is 5.56 Å². The Morgan fingerprint density at radius 1 is 0.963 bits per heavy atom. The van der Waals surface area contributed by atoms with Gasteiger partial charge in [-0.2, -0.15) is 0 Å². The van der Waals surface area contributed by atoms with E-state index in [0.29, 0.717) is 12.2 Å². The van der Waals surface area contributed by atoms with Gasteiger partial charge >= 0.3 is 5.97 Å². The Bertz CT molecular complexity index is 944. The van der Waals surface area contributed by atoms with Gasteiger partial charge in [0.2, 0.25) is 0 Å². The minimum Gasteiger partial charge on any atom is -0.478 e. The molecule has 0 aromatic heterocycles. The summed E-state index contributed by atoms with van der Waals surface area (Å²) < 4.78 is 0. The first-order valence-corrected chi connectivity index (χ1v) is 9.23. The van der Waals surface area contributed by atoms with Crippen LogP contribution in [0, 0.1) is 0 Å². The SMILES string of the molecule is C/C(=C\c1ccc(C(=O)O)cc1)c1ccc2c(c1)C(C)(C)CC(=O)C2(C)C. The Kier molecular flexibility index (Phi) is 4.59. The summed E-state index contributed by atoms with van der Waals surface area (Å²) in [4.78, 5) is 23.6. The molecule has 1 N–H and O–H groups in total. The number of carboxylic acids is 1. The van der Waals surface area contributed by atoms with E-state index in [4.69, 9.17) is 5.11 Å². The highest BCUT2D eigenvalue weighted by atomic mass is 16.4. The minimum atomic E-state index is -0.920. The number of carbonyl (C=O) groups excluding carboxylic acids is 1. The van der Waals surface area contributed by atoms with Gasteiger partial charge in [0.15, 0.2) is 0 Å². The fourth-order valence-electron chi connectivity index (χ4n) is 3.82. The van der Waals surface area contributed by atoms with E-state index in [1.54, 1.807) is 12.1 Å². The van der Waals surface area contributed by atoms with Gasteiger partial charge in [0.05, 0.1) is 5.56 Å². The average Bonchev–Trinajstić information content (AvgIpc) is 2.60. The molecule has 0 amide bonds. The van der Waals surface area contributed by atoms with Crippen molar-refractivity contribution < 1.29 is 14.7 Å². The molecule has 1 aliphatic rings. The Hall–Kier alpha value is -2.68. The highest BCUT2D eigenvalue weighted by molar-refractivity contribution is 5.93. The summed E-state index contributed by atoms with van der Waals surface area (Å²) in [6.45, 7) is 10.3. The molecule has 0 spiro atoms. The number of fused-ring (bicyclic) bond motifs is 1. The molecule has 140 valence electrons. The maximum absolute atomic E-state index is 12.6. The van der Waals surface area contributed by atoms with Gasteiger partial charge in [-0.05, 0) is 66.1 Å². The van der Waals surface area contributed by atoms with Crippen LogP contribution in [-0.4, -0.2) is 16.9 Å². The zero-order valence-corrected chi connectivity index (χ0v) is 16.6. The van der Waals surface area contributed by atoms with Crippen molar-refractivity contribution in [1.29, 1.82) is 0 Å². The summed E-state index contributed by atoms with van der Waals surface area (Å²) in [5, 5.41) is 9.02. The van der Waals surface area contributed by atoms with E-state index in [1.807, 2.05) is 26.0 Å². The Morgan fingerprint density at radius 2 is 1.56 bits per heavy atom. The molecular formula is C24H26O3. The van der Waals surface area contributed by atoms with Gasteiger partial charge in [-0.1, -0.05) is 50.3 Å². The summed E-state index contributed by atoms with van der Waals surface area (Å²) in [6.07, 6.45) is 2.61. The van der Waals surface area contributed by atoms with Crippen molar-refractivity contribution in [1.82, 2.24) is 0 Å². The molecule has 0 aliphatic heterocycles. The molecule has 3 heteroatoms. The van der Waals surface area contributed by atoms with Crippen LogP contribution < -0.4 is 0 Å². The lowest BCUT2D eigenvalue weighted by molar-refractivity contribution is -0.125. The molecule has 0 fully saturated rings. The first kappa shape index (κ1) is 19.1. The van der Waals surface area contributed by atoms with Crippen LogP contribution in [0.2, 0.25) is 0 Å². The Morgan fingerprint density at radius 3 is 2.15 bits per heavy atom. The van der Waals surface area contributed by atoms with Gasteiger partial charge in [0.25, 0.3) is 0 Å². The third-order valence-electron chi connectivity index (χ3n) is 5.72. The van der Waals surface area contributed by atoms with E-state index >= 15 is 0 Å². The summed E-state index contributed by atoms with van der Waals surface area (Å²) >= 11 is 0. The van der Waals surface area contributed by atoms with Crippen LogP contribution in [-0.2, 0) is 15.6 Å². The summed E-state index contributed by atoms with van der Waals surface area (Å²) in [5.41, 5.74) is 5.19. The van der Waals surface area contributed by atoms with Crippen molar-refractivity contribution in [3.63, 3.8) is 0 Å². The van der Waals surface area contributed by atoms with Crippen LogP contribution in [0.3, 0.4) is 0 Å². The molecule has 0 unspecified atom stereocenters. The Labute approximate surface area is 160 Å². The van der Waals surface area contributed by atoms with Crippen LogP contribution in [0.4, 0.5) is 0 Å². The van der Waals surface area contributed by atoms with Gasteiger partial charge in [-0.15, -0.1) is 0 Å². The number of benzene rings is 2. The van der Waals surface area contributed by atoms with Gasteiger partial charge in [-0.3, -0.25) is 4.79 Å². The normalized spacial score (nSPS) is 18.1. The molecule has 0 saturated carbocycles. The fraction of sp³-hybridized carbons (Fsp3) is 0.333. The molecule has 0 radical (unpaired) electrons. The lowest BCUT2D eigenvalue weighted by atomic mass is 9.62. The van der Waals surface area contributed by atoms with E-state index in [0.717, 1.165) is 22.3 Å². The third kappa shape index (κ3) is 3.46. The van der Waals surface area contributed by atoms with Crippen LogP contribution in [0.25, 0.3) is 11.6 Å². The predicted molar refractivity (Wildman–Crippen MR) is 109 cm³/mol. The van der Waals surface area contributed by atoms with Crippen LogP contribution >= 0.6 is 0 Å². The molecule has 3 rings (SSSR count). The third-order valence-corrected chi connectivity index (χ3v) is 5.72. The fourth-order valence-corrected chi connectivity index (χ4v) is 3.82. The number of aromatic carboxylic acids is 1. The number of carbonyl (C=O) groups is 2. The largest absolute Gasteiger partial charge is 0.478 e. The number of hydrogen-bond acceptors (Lipinski definition) is 2. The maximum Gasteiger partial charge on any atom is 0.335 e. The van der Waals surface area contributed by atoms with Crippen molar-refractivity contribution in [3.8, 4) is 0 Å². The monoisotopic (exact) mass is 362 g/mol. The average molecular weight is 362 g/mol. The second kappa shape index (κ2) is 6.49. The van der Waals surface area contributed by atoms with Crippen LogP contribution in [0.5, 0.6) is 0 Å². The van der Waals surface area contributed by atoms with Gasteiger partial charge < -0.3 is 5.11 Å². The number of carboxylic acid groups (broad SMARTS) is 1. The van der Waals surface area contributed by atoms with Crippen molar-refractivity contribution >= 4 is 23.4 Å². The summed E-state index contributed by atoms with van der Waals surface area (Å²) in [6, 6.07) is 13.2. The molecule has 27 heavy (non-hydrogen) atoms. The topological polar surface area (TPSA) is 54.4 Å². The maximum atomic E-state index is 12.6. The first-order chi connectivity index (χ1) is 12.5. The van der Waals surface area contributed by atoms with Gasteiger partial charge in [-0.25, -0.2) is 4.79 Å². The van der Waals surface area contributed by atoms with E-state index in [2.05, 4.69) is 45.0 Å². The quantitative estimate of drug-likeness (QED) is 0.736. The molecule has 1 aliphatic carbocycles. The molecule has 0 bridgehead atoms. The Balaban J connectivity index is 2.01. The first-order valence-electron chi connectivity index (χ1n) is 9.23. The summed E-state index contributed by atoms with van der Waals surface area (Å²) in [5.74, 6) is -0.630. The molecular weight excluding hydrogens is 336 g/mol. The highest BCUT2D eigenvalue weighted by Crippen LogP contribution is 2.44. The van der Waals surface area contributed by atoms with Crippen molar-refractivity contribution in [2.75, 3.05) is 0 Å². The zero-order valence-electron chi connectivity index (χ0n) is 16.6. The number of ketones is 1. The molecule has 0 atom stereocenters. The number of rotatable bonds is 3. The molecule has 0 saturated heterocycles. The van der Waals surface area contributed by atoms with E-state index in [-0.39, 0.29) is 11.0 Å². The van der Waals surface area contributed by atoms with E-state index in [9.17, 15) is 9.59 Å². The number of allylic oxidation sites excluding steroid dienone is 1. The summed E-state index contributed by atoms with van der Waals surface area (Å²) in [7, 11) is 0. The van der Waals surface area contributed by atoms with Crippen molar-refractivity contribution in [2.45, 2.75) is 51.9 Å². The molecule has 0 heterocycles. The zero-order chi connectivity index (χ0) is 20.0. The predicted octanol–water partition coefficient (Wildman–Crippen LogP) is 5.47. The highest BCUT2D eigenvalue weighted by Gasteiger charge is 2.43. The molecule has 2 aromatic carbocycles. The second-order valence-electron chi connectivity index (χ2n) is 8.62. The van der Waals surface area contributed by atoms with E-state index < -0.39 is 11.4 Å². The van der Waals surface area contributed by atoms with Gasteiger partial charge in [0, 0.05) is 11.8 Å². The lowest BCUT2D eigenvalue weighted by Crippen LogP contribution is -2.42. The smallest absolute Gasteiger partial charge is 0.335 e. The minimum absolute atomic E-state index is 0.179. The second-order valence-corrected chi connectivity index (χ2v) is 8.62. The number of Topliss-reactive ketones (excluding diaryl/α,β-unsaturated/α-hetero) is 1. The van der Waals surface area contributed by atoms with Crippen molar-refractivity contribution in [2.24, 2.45) is 0 Å².